The highest BCUT2D eigenvalue weighted by Crippen LogP contribution is 2.67. The van der Waals surface area contributed by atoms with E-state index in [4.69, 9.17) is 4.84 Å². The Hall–Kier alpha value is -3.08. The molecular weight excluding hydrogens is 552 g/mol. The van der Waals surface area contributed by atoms with Gasteiger partial charge in [-0.2, -0.15) is 0 Å². The van der Waals surface area contributed by atoms with Gasteiger partial charge in [-0.25, -0.2) is 0 Å². The molecule has 3 saturated carbocycles. The van der Waals surface area contributed by atoms with Crippen LogP contribution in [0.4, 0.5) is 0 Å². The number of nitrogens with one attached hydrogen (secondary N) is 1. The van der Waals surface area contributed by atoms with E-state index in [1.807, 2.05) is 43.3 Å². The number of carbonyl (C=O) groups is 3. The molecule has 0 aliphatic heterocycles. The molecule has 0 saturated heterocycles. The number of allylic oxidation sites excluding steroid dienone is 2. The second kappa shape index (κ2) is 12.1. The van der Waals surface area contributed by atoms with E-state index in [2.05, 4.69) is 17.4 Å². The molecule has 5 rings (SSSR count). The maximum atomic E-state index is 12.6. The van der Waals surface area contributed by atoms with Crippen molar-refractivity contribution in [3.05, 3.63) is 47.5 Å². The SMILES string of the molecule is C[C@]12CCC(=NOCC(=O)NCC(CC(=O)O)c3ccccc3)C=C1CCC1C2C(O)C[C@@]2(C)C1CC[C@]2(O)C(=O)CO. The minimum absolute atomic E-state index is 0.00578. The van der Waals surface area contributed by atoms with Gasteiger partial charge in [-0.05, 0) is 79.8 Å². The quantitative estimate of drug-likeness (QED) is 0.257. The lowest BCUT2D eigenvalue weighted by molar-refractivity contribution is -0.181. The molecule has 0 radical (unpaired) electrons. The highest BCUT2D eigenvalue weighted by atomic mass is 16.6. The molecule has 4 aliphatic carbocycles. The number of carboxylic acid groups (broad SMARTS) is 1. The van der Waals surface area contributed by atoms with Crippen LogP contribution in [0, 0.1) is 28.6 Å². The van der Waals surface area contributed by atoms with Gasteiger partial charge < -0.3 is 30.6 Å². The van der Waals surface area contributed by atoms with Crippen LogP contribution in [0.15, 0.2) is 47.1 Å². The Labute approximate surface area is 252 Å². The minimum Gasteiger partial charge on any atom is -0.481 e. The van der Waals surface area contributed by atoms with Crippen LogP contribution in [0.1, 0.15) is 76.7 Å². The zero-order chi connectivity index (χ0) is 31.0. The molecule has 5 N–H and O–H groups in total. The molecule has 10 nitrogen and oxygen atoms in total. The second-order valence-corrected chi connectivity index (χ2v) is 13.5. The molecular formula is C33H44N2O8. The van der Waals surface area contributed by atoms with Gasteiger partial charge in [-0.3, -0.25) is 14.4 Å². The molecule has 5 unspecified atom stereocenters. The number of benzene rings is 1. The van der Waals surface area contributed by atoms with Crippen molar-refractivity contribution in [1.82, 2.24) is 5.32 Å². The van der Waals surface area contributed by atoms with E-state index in [0.717, 1.165) is 30.5 Å². The Bertz CT molecular complexity index is 1300. The Morgan fingerprint density at radius 3 is 2.56 bits per heavy atom. The molecule has 8 atom stereocenters. The summed E-state index contributed by atoms with van der Waals surface area (Å²) in [6, 6.07) is 9.22. The number of fused-ring (bicyclic) bond motifs is 5. The van der Waals surface area contributed by atoms with Crippen LogP contribution >= 0.6 is 0 Å². The number of ketones is 1. The van der Waals surface area contributed by atoms with Gasteiger partial charge in [0.1, 0.15) is 12.2 Å². The monoisotopic (exact) mass is 596 g/mol. The summed E-state index contributed by atoms with van der Waals surface area (Å²) in [6.07, 6.45) is 5.63. The van der Waals surface area contributed by atoms with Gasteiger partial charge in [-0.1, -0.05) is 54.9 Å². The van der Waals surface area contributed by atoms with E-state index in [1.165, 1.54) is 5.57 Å². The van der Waals surface area contributed by atoms with Gasteiger partial charge in [0, 0.05) is 17.9 Å². The lowest BCUT2D eigenvalue weighted by atomic mass is 9.45. The summed E-state index contributed by atoms with van der Waals surface area (Å²) in [5.41, 5.74) is 0.157. The number of carboxylic acids is 1. The van der Waals surface area contributed by atoms with E-state index in [0.29, 0.717) is 25.7 Å². The van der Waals surface area contributed by atoms with Gasteiger partial charge in [-0.15, -0.1) is 0 Å². The smallest absolute Gasteiger partial charge is 0.304 e. The normalized spacial score (nSPS) is 36.5. The summed E-state index contributed by atoms with van der Waals surface area (Å²) in [5.74, 6) is -1.97. The third-order valence-corrected chi connectivity index (χ3v) is 11.3. The molecule has 43 heavy (non-hydrogen) atoms. The maximum absolute atomic E-state index is 12.6. The average Bonchev–Trinajstić information content (AvgIpc) is 3.25. The molecule has 1 aromatic rings. The molecule has 0 heterocycles. The highest BCUT2D eigenvalue weighted by molar-refractivity contribution is 5.96. The molecule has 3 fully saturated rings. The van der Waals surface area contributed by atoms with Crippen LogP contribution in [0.5, 0.6) is 0 Å². The Kier molecular flexibility index (Phi) is 8.84. The summed E-state index contributed by atoms with van der Waals surface area (Å²) in [6.45, 7) is 3.31. The molecule has 1 amide bonds. The van der Waals surface area contributed by atoms with Crippen molar-refractivity contribution >= 4 is 23.4 Å². The van der Waals surface area contributed by atoms with E-state index in [9.17, 15) is 34.8 Å². The number of aliphatic carboxylic acids is 1. The topological polar surface area (TPSA) is 166 Å². The van der Waals surface area contributed by atoms with Crippen LogP contribution in [-0.4, -0.2) is 75.3 Å². The van der Waals surface area contributed by atoms with Crippen molar-refractivity contribution in [2.45, 2.75) is 82.8 Å². The third kappa shape index (κ3) is 5.65. The molecule has 0 spiro atoms. The number of rotatable bonds is 10. The van der Waals surface area contributed by atoms with Gasteiger partial charge >= 0.3 is 5.97 Å². The molecule has 0 bridgehead atoms. The largest absolute Gasteiger partial charge is 0.481 e. The first-order chi connectivity index (χ1) is 20.4. The first-order valence-electron chi connectivity index (χ1n) is 15.4. The van der Waals surface area contributed by atoms with Crippen molar-refractivity contribution in [2.24, 2.45) is 33.7 Å². The lowest BCUT2D eigenvalue weighted by Gasteiger charge is -2.60. The summed E-state index contributed by atoms with van der Waals surface area (Å²) < 4.78 is 0. The van der Waals surface area contributed by atoms with E-state index in [-0.39, 0.29) is 54.6 Å². The van der Waals surface area contributed by atoms with Gasteiger partial charge in [0.15, 0.2) is 12.4 Å². The summed E-state index contributed by atoms with van der Waals surface area (Å²) in [4.78, 5) is 41.8. The lowest BCUT2D eigenvalue weighted by Crippen LogP contribution is -2.62. The van der Waals surface area contributed by atoms with E-state index < -0.39 is 35.5 Å². The summed E-state index contributed by atoms with van der Waals surface area (Å²) in [7, 11) is 0. The zero-order valence-electron chi connectivity index (χ0n) is 25.0. The highest BCUT2D eigenvalue weighted by Gasteiger charge is 2.68. The fraction of sp³-hybridized carbons (Fsp3) is 0.636. The van der Waals surface area contributed by atoms with Crippen LogP contribution in [0.2, 0.25) is 0 Å². The molecule has 234 valence electrons. The van der Waals surface area contributed by atoms with Crippen LogP contribution in [0.25, 0.3) is 0 Å². The fourth-order valence-corrected chi connectivity index (χ4v) is 9.07. The predicted molar refractivity (Wildman–Crippen MR) is 158 cm³/mol. The first-order valence-corrected chi connectivity index (χ1v) is 15.4. The van der Waals surface area contributed by atoms with Gasteiger partial charge in [0.2, 0.25) is 0 Å². The van der Waals surface area contributed by atoms with Crippen LogP contribution in [-0.2, 0) is 19.2 Å². The Balaban J connectivity index is 1.21. The Morgan fingerprint density at radius 1 is 1.12 bits per heavy atom. The number of Topliss-reactive ketones (excluding diaryl/α,β-unsaturated/α-hetero) is 1. The standard InChI is InChI=1S/C33H44N2O8/c1-31-12-10-23(35-43-19-28(39)34-17-21(14-29(40)41)20-6-4-3-5-7-20)15-22(31)8-9-24-25-11-13-33(42,27(38)18-36)32(25,2)16-26(37)30(24)31/h3-7,15,21,24-26,30,36-37,42H,8-14,16-19H2,1-2H3,(H,34,39)(H,40,41)/t21?,24?,25?,26?,30?,31-,32-,33-/m0/s1. The summed E-state index contributed by atoms with van der Waals surface area (Å²) in [5, 5.41) is 48.8. The second-order valence-electron chi connectivity index (χ2n) is 13.5. The molecule has 4 aliphatic rings. The number of aliphatic hydroxyl groups excluding tert-OH is 2. The summed E-state index contributed by atoms with van der Waals surface area (Å²) >= 11 is 0. The van der Waals surface area contributed by atoms with Crippen molar-refractivity contribution in [1.29, 1.82) is 0 Å². The van der Waals surface area contributed by atoms with Crippen molar-refractivity contribution in [3.8, 4) is 0 Å². The fourth-order valence-electron chi connectivity index (χ4n) is 9.07. The van der Waals surface area contributed by atoms with E-state index >= 15 is 0 Å². The molecule has 0 aromatic heterocycles. The van der Waals surface area contributed by atoms with Crippen molar-refractivity contribution in [2.75, 3.05) is 19.8 Å². The van der Waals surface area contributed by atoms with Gasteiger partial charge in [0.05, 0.1) is 18.2 Å². The van der Waals surface area contributed by atoms with E-state index in [1.54, 1.807) is 0 Å². The van der Waals surface area contributed by atoms with Gasteiger partial charge in [0.25, 0.3) is 5.91 Å². The van der Waals surface area contributed by atoms with Crippen molar-refractivity contribution < 1.29 is 39.6 Å². The number of hydrogen-bond donors (Lipinski definition) is 5. The predicted octanol–water partition coefficient (Wildman–Crippen LogP) is 2.96. The third-order valence-electron chi connectivity index (χ3n) is 11.3. The molecule has 1 aromatic carbocycles. The van der Waals surface area contributed by atoms with Crippen molar-refractivity contribution in [3.63, 3.8) is 0 Å². The Morgan fingerprint density at radius 2 is 1.86 bits per heavy atom. The first kappa shape index (κ1) is 31.3. The number of oxime groups is 1. The number of aliphatic hydroxyl groups is 3. The number of amides is 1. The number of hydrogen-bond acceptors (Lipinski definition) is 8. The van der Waals surface area contributed by atoms with Crippen LogP contribution in [0.3, 0.4) is 0 Å². The minimum atomic E-state index is -1.61. The number of carbonyl (C=O) groups excluding carboxylic acids is 2. The number of nitrogens with zero attached hydrogens (tertiary/aromatic N) is 1. The molecule has 10 heteroatoms. The van der Waals surface area contributed by atoms with Crippen LogP contribution < -0.4 is 5.32 Å². The zero-order valence-corrected chi connectivity index (χ0v) is 25.0. The maximum Gasteiger partial charge on any atom is 0.304 e. The average molecular weight is 597 g/mol.